The number of H-pyrrole nitrogens is 1. The van der Waals surface area contributed by atoms with Crippen LogP contribution >= 0.6 is 11.6 Å². The van der Waals surface area contributed by atoms with Crippen molar-refractivity contribution in [2.75, 3.05) is 13.1 Å². The van der Waals surface area contributed by atoms with E-state index in [1.54, 1.807) is 23.1 Å². The molecule has 1 saturated heterocycles. The second kappa shape index (κ2) is 8.45. The number of carbonyl (C=O) groups excluding carboxylic acids is 1. The molecule has 0 radical (unpaired) electrons. The van der Waals surface area contributed by atoms with Crippen LogP contribution in [0, 0.1) is 0 Å². The first-order valence-electron chi connectivity index (χ1n) is 9.44. The Morgan fingerprint density at radius 3 is 2.52 bits per heavy atom. The maximum absolute atomic E-state index is 12.8. The highest BCUT2D eigenvalue weighted by atomic mass is 35.5. The van der Waals surface area contributed by atoms with Crippen molar-refractivity contribution in [2.24, 2.45) is 5.10 Å². The number of aromatic nitrogens is 3. The second-order valence-corrected chi connectivity index (χ2v) is 7.33. The molecule has 2 aromatic carbocycles. The van der Waals surface area contributed by atoms with E-state index in [-0.39, 0.29) is 11.6 Å². The summed E-state index contributed by atoms with van der Waals surface area (Å²) in [5, 5.41) is 10.9. The third-order valence-corrected chi connectivity index (χ3v) is 5.47. The van der Waals surface area contributed by atoms with Gasteiger partial charge in [-0.2, -0.15) is 10.3 Å². The number of hydrogen-bond donors (Lipinski definition) is 1. The molecule has 1 N–H and O–H groups in total. The van der Waals surface area contributed by atoms with Gasteiger partial charge < -0.3 is 4.90 Å². The topological polar surface area (TPSA) is 83.3 Å². The van der Waals surface area contributed by atoms with Crippen LogP contribution in [0.25, 0.3) is 0 Å². The van der Waals surface area contributed by atoms with Crippen molar-refractivity contribution >= 4 is 23.7 Å². The van der Waals surface area contributed by atoms with Gasteiger partial charge in [0.15, 0.2) is 0 Å². The van der Waals surface area contributed by atoms with Gasteiger partial charge in [-0.25, -0.2) is 0 Å². The lowest BCUT2D eigenvalue weighted by atomic mass is 9.89. The highest BCUT2D eigenvalue weighted by Gasteiger charge is 2.28. The van der Waals surface area contributed by atoms with Gasteiger partial charge in [-0.1, -0.05) is 60.1 Å². The van der Waals surface area contributed by atoms with E-state index in [4.69, 9.17) is 11.6 Å². The van der Waals surface area contributed by atoms with Gasteiger partial charge in [0.2, 0.25) is 5.69 Å². The number of nitrogens with one attached hydrogen (secondary N) is 1. The number of halogens is 1. The quantitative estimate of drug-likeness (QED) is 0.672. The van der Waals surface area contributed by atoms with E-state index < -0.39 is 5.56 Å². The molecule has 0 saturated carbocycles. The normalized spacial score (nSPS) is 15.1. The number of nitrogens with zero attached hydrogens (tertiary/aromatic N) is 4. The molecule has 7 nitrogen and oxygen atoms in total. The third kappa shape index (κ3) is 4.14. The zero-order valence-corrected chi connectivity index (χ0v) is 16.4. The maximum Gasteiger partial charge on any atom is 0.320 e. The summed E-state index contributed by atoms with van der Waals surface area (Å²) in [5.41, 5.74) is 1.21. The zero-order chi connectivity index (χ0) is 20.2. The van der Waals surface area contributed by atoms with Gasteiger partial charge in [0.05, 0.1) is 6.21 Å². The van der Waals surface area contributed by atoms with Gasteiger partial charge in [-0.3, -0.25) is 9.59 Å². The summed E-state index contributed by atoms with van der Waals surface area (Å²) < 4.78 is 0. The molecular formula is C21H20ClN5O2. The van der Waals surface area contributed by atoms with Crippen LogP contribution in [0.3, 0.4) is 0 Å². The molecule has 0 spiro atoms. The molecule has 0 aliphatic carbocycles. The molecule has 4 rings (SSSR count). The molecule has 29 heavy (non-hydrogen) atoms. The van der Waals surface area contributed by atoms with E-state index in [9.17, 15) is 9.59 Å². The predicted octanol–water partition coefficient (Wildman–Crippen LogP) is 3.13. The molecule has 1 aliphatic rings. The van der Waals surface area contributed by atoms with Crippen molar-refractivity contribution in [2.45, 2.75) is 18.8 Å². The highest BCUT2D eigenvalue weighted by Crippen LogP contribution is 2.28. The minimum Gasteiger partial charge on any atom is -0.337 e. The smallest absolute Gasteiger partial charge is 0.320 e. The van der Waals surface area contributed by atoms with Crippen LogP contribution < -0.4 is 5.56 Å². The van der Waals surface area contributed by atoms with Crippen molar-refractivity contribution in [1.29, 1.82) is 0 Å². The van der Waals surface area contributed by atoms with E-state index in [0.717, 1.165) is 17.6 Å². The molecular weight excluding hydrogens is 390 g/mol. The van der Waals surface area contributed by atoms with Crippen molar-refractivity contribution in [1.82, 2.24) is 20.0 Å². The molecule has 8 heteroatoms. The molecule has 1 fully saturated rings. The fourth-order valence-electron chi connectivity index (χ4n) is 3.50. The van der Waals surface area contributed by atoms with Crippen molar-refractivity contribution in [3.63, 3.8) is 0 Å². The number of amides is 1. The Kier molecular flexibility index (Phi) is 5.57. The lowest BCUT2D eigenvalue weighted by molar-refractivity contribution is 0.0705. The Balaban J connectivity index is 1.44. The van der Waals surface area contributed by atoms with Gasteiger partial charge in [-0.15, -0.1) is 9.89 Å². The number of aromatic amines is 1. The molecule has 1 aliphatic heterocycles. The minimum atomic E-state index is -0.580. The van der Waals surface area contributed by atoms with Crippen LogP contribution in [-0.4, -0.2) is 45.2 Å². The van der Waals surface area contributed by atoms with Crippen LogP contribution in [0.4, 0.5) is 0 Å². The van der Waals surface area contributed by atoms with Gasteiger partial charge in [0.25, 0.3) is 5.91 Å². The number of hydrogen-bond acceptors (Lipinski definition) is 4. The molecule has 0 unspecified atom stereocenters. The van der Waals surface area contributed by atoms with Crippen LogP contribution in [0.2, 0.25) is 5.02 Å². The predicted molar refractivity (Wildman–Crippen MR) is 112 cm³/mol. The monoisotopic (exact) mass is 409 g/mol. The van der Waals surface area contributed by atoms with Crippen molar-refractivity contribution in [3.05, 3.63) is 86.8 Å². The van der Waals surface area contributed by atoms with Crippen LogP contribution in [-0.2, 0) is 0 Å². The number of carbonyl (C=O) groups is 1. The van der Waals surface area contributed by atoms with Gasteiger partial charge in [0, 0.05) is 23.7 Å². The van der Waals surface area contributed by atoms with E-state index in [1.807, 2.05) is 24.3 Å². The SMILES string of the molecule is O=C(c1n[nH]n(N=Cc2ccccc2Cl)c1=O)N1CCC(c2ccccc2)CC1. The number of rotatable bonds is 4. The lowest BCUT2D eigenvalue weighted by Gasteiger charge is -2.31. The molecule has 1 aromatic heterocycles. The van der Waals surface area contributed by atoms with E-state index in [1.165, 1.54) is 11.8 Å². The molecule has 0 bridgehead atoms. The van der Waals surface area contributed by atoms with E-state index in [2.05, 4.69) is 27.5 Å². The van der Waals surface area contributed by atoms with Gasteiger partial charge in [0.1, 0.15) is 0 Å². The Bertz CT molecular complexity index is 1080. The van der Waals surface area contributed by atoms with Crippen LogP contribution in [0.15, 0.2) is 64.5 Å². The van der Waals surface area contributed by atoms with Crippen LogP contribution in [0.1, 0.15) is 40.4 Å². The van der Waals surface area contributed by atoms with E-state index >= 15 is 0 Å². The standard InChI is InChI=1S/C21H20ClN5O2/c22-18-9-5-4-8-17(18)14-23-27-21(29)19(24-25-27)20(28)26-12-10-16(11-13-26)15-6-2-1-3-7-15/h1-9,14,16,25H,10-13H2. The molecule has 148 valence electrons. The summed E-state index contributed by atoms with van der Waals surface area (Å²) in [6.45, 7) is 1.18. The largest absolute Gasteiger partial charge is 0.337 e. The first-order valence-corrected chi connectivity index (χ1v) is 9.82. The summed E-state index contributed by atoms with van der Waals surface area (Å²) in [6.07, 6.45) is 3.17. The minimum absolute atomic E-state index is 0.153. The van der Waals surface area contributed by atoms with Crippen LogP contribution in [0.5, 0.6) is 0 Å². The molecule has 3 aromatic rings. The fourth-order valence-corrected chi connectivity index (χ4v) is 3.68. The number of piperidine rings is 1. The van der Waals surface area contributed by atoms with Gasteiger partial charge in [-0.05, 0) is 30.4 Å². The summed E-state index contributed by atoms with van der Waals surface area (Å²) in [7, 11) is 0. The van der Waals surface area contributed by atoms with Crippen molar-refractivity contribution in [3.8, 4) is 0 Å². The molecule has 0 atom stereocenters. The van der Waals surface area contributed by atoms with Crippen molar-refractivity contribution < 1.29 is 4.79 Å². The summed E-state index contributed by atoms with van der Waals surface area (Å²) in [5.74, 6) is 0.0563. The first kappa shape index (κ1) is 19.1. The lowest BCUT2D eigenvalue weighted by Crippen LogP contribution is -2.40. The fraction of sp³-hybridized carbons (Fsp3) is 0.238. The van der Waals surface area contributed by atoms with E-state index in [0.29, 0.717) is 29.6 Å². The Hall–Kier alpha value is -3.19. The summed E-state index contributed by atoms with van der Waals surface area (Å²) in [6, 6.07) is 17.4. The number of benzene rings is 2. The Labute approximate surface area is 172 Å². The van der Waals surface area contributed by atoms with Gasteiger partial charge >= 0.3 is 5.56 Å². The highest BCUT2D eigenvalue weighted by molar-refractivity contribution is 6.33. The number of likely N-dealkylation sites (tertiary alicyclic amines) is 1. The Morgan fingerprint density at radius 1 is 1.10 bits per heavy atom. The second-order valence-electron chi connectivity index (χ2n) is 6.92. The third-order valence-electron chi connectivity index (χ3n) is 5.12. The Morgan fingerprint density at radius 2 is 1.79 bits per heavy atom. The maximum atomic E-state index is 12.8. The first-order chi connectivity index (χ1) is 14.1. The average molecular weight is 410 g/mol. The molecule has 1 amide bonds. The summed E-state index contributed by atoms with van der Waals surface area (Å²) >= 11 is 6.08. The zero-order valence-electron chi connectivity index (χ0n) is 15.7. The molecule has 2 heterocycles. The summed E-state index contributed by atoms with van der Waals surface area (Å²) in [4.78, 5) is 27.9. The average Bonchev–Trinajstić information content (AvgIpc) is 3.14.